The van der Waals surface area contributed by atoms with Gasteiger partial charge in [0.05, 0.1) is 6.10 Å². The molecule has 2 atom stereocenters. The second kappa shape index (κ2) is 4.20. The number of nitrogens with two attached hydrogens (primary N) is 2. The monoisotopic (exact) mass is 181 g/mol. The van der Waals surface area contributed by atoms with Crippen molar-refractivity contribution in [2.75, 3.05) is 5.73 Å². The van der Waals surface area contributed by atoms with Crippen molar-refractivity contribution in [1.29, 1.82) is 0 Å². The molecule has 0 unspecified atom stereocenters. The van der Waals surface area contributed by atoms with Crippen LogP contribution in [0.1, 0.15) is 25.0 Å². The number of rotatable bonds is 3. The van der Waals surface area contributed by atoms with Gasteiger partial charge in [0.25, 0.3) is 0 Å². The molecule has 0 radical (unpaired) electrons. The smallest absolute Gasteiger partial charge is 0.123 e. The van der Waals surface area contributed by atoms with Gasteiger partial charge in [0.1, 0.15) is 5.82 Å². The quantitative estimate of drug-likeness (QED) is 0.631. The molecule has 0 aliphatic carbocycles. The molecule has 1 aromatic heterocycles. The Morgan fingerprint density at radius 1 is 1.54 bits per heavy atom. The largest absolute Gasteiger partial charge is 0.387 e. The summed E-state index contributed by atoms with van der Waals surface area (Å²) < 4.78 is 0. The summed E-state index contributed by atoms with van der Waals surface area (Å²) in [6.45, 7) is 1.93. The third kappa shape index (κ3) is 2.40. The highest BCUT2D eigenvalue weighted by Crippen LogP contribution is 2.16. The van der Waals surface area contributed by atoms with E-state index in [0.29, 0.717) is 11.4 Å². The van der Waals surface area contributed by atoms with Crippen molar-refractivity contribution >= 4 is 5.82 Å². The van der Waals surface area contributed by atoms with Crippen LogP contribution in [0.3, 0.4) is 0 Å². The fraction of sp³-hybridized carbons (Fsp3) is 0.444. The molecule has 0 aliphatic rings. The van der Waals surface area contributed by atoms with E-state index in [4.69, 9.17) is 11.5 Å². The van der Waals surface area contributed by atoms with E-state index in [0.717, 1.165) is 6.42 Å². The predicted molar refractivity (Wildman–Crippen MR) is 51.9 cm³/mol. The summed E-state index contributed by atoms with van der Waals surface area (Å²) >= 11 is 0. The molecular weight excluding hydrogens is 166 g/mol. The SMILES string of the molecule is CC[C@@H](N)[C@H](O)c1ccc(N)nc1. The van der Waals surface area contributed by atoms with Crippen molar-refractivity contribution in [3.63, 3.8) is 0 Å². The molecule has 1 aromatic rings. The molecule has 1 rings (SSSR count). The normalized spacial score (nSPS) is 15.3. The Hall–Kier alpha value is -1.13. The highest BCUT2D eigenvalue weighted by molar-refractivity contribution is 5.30. The van der Waals surface area contributed by atoms with Gasteiger partial charge >= 0.3 is 0 Å². The number of pyridine rings is 1. The topological polar surface area (TPSA) is 85.2 Å². The zero-order valence-electron chi connectivity index (χ0n) is 7.64. The molecule has 72 valence electrons. The number of aromatic nitrogens is 1. The van der Waals surface area contributed by atoms with Crippen LogP contribution in [-0.4, -0.2) is 16.1 Å². The minimum Gasteiger partial charge on any atom is -0.387 e. The fourth-order valence-corrected chi connectivity index (χ4v) is 1.06. The second-order valence-electron chi connectivity index (χ2n) is 3.03. The molecule has 0 bridgehead atoms. The molecule has 0 aromatic carbocycles. The summed E-state index contributed by atoms with van der Waals surface area (Å²) in [5.41, 5.74) is 11.8. The van der Waals surface area contributed by atoms with Gasteiger partial charge in [0, 0.05) is 17.8 Å². The van der Waals surface area contributed by atoms with Crippen LogP contribution in [0.15, 0.2) is 18.3 Å². The van der Waals surface area contributed by atoms with Gasteiger partial charge in [-0.3, -0.25) is 0 Å². The Kier molecular flexibility index (Phi) is 3.22. The standard InChI is InChI=1S/C9H15N3O/c1-2-7(10)9(13)6-3-4-8(11)12-5-6/h3-5,7,9,13H,2,10H2,1H3,(H2,11,12)/t7-,9-/m1/s1. The molecule has 4 nitrogen and oxygen atoms in total. The summed E-state index contributed by atoms with van der Waals surface area (Å²) in [6.07, 6.45) is 1.62. The number of hydrogen-bond acceptors (Lipinski definition) is 4. The Morgan fingerprint density at radius 2 is 2.23 bits per heavy atom. The number of anilines is 1. The van der Waals surface area contributed by atoms with E-state index in [1.807, 2.05) is 6.92 Å². The first-order chi connectivity index (χ1) is 6.15. The number of hydrogen-bond donors (Lipinski definition) is 3. The third-order valence-electron chi connectivity index (χ3n) is 2.03. The van der Waals surface area contributed by atoms with Crippen molar-refractivity contribution in [3.8, 4) is 0 Å². The van der Waals surface area contributed by atoms with Crippen molar-refractivity contribution in [1.82, 2.24) is 4.98 Å². The zero-order valence-corrected chi connectivity index (χ0v) is 7.64. The molecule has 5 N–H and O–H groups in total. The second-order valence-corrected chi connectivity index (χ2v) is 3.03. The van der Waals surface area contributed by atoms with E-state index in [9.17, 15) is 5.11 Å². The summed E-state index contributed by atoms with van der Waals surface area (Å²) in [5, 5.41) is 9.67. The van der Waals surface area contributed by atoms with Crippen LogP contribution in [0.25, 0.3) is 0 Å². The van der Waals surface area contributed by atoms with E-state index in [-0.39, 0.29) is 6.04 Å². The summed E-state index contributed by atoms with van der Waals surface area (Å²) in [5.74, 6) is 0.445. The van der Waals surface area contributed by atoms with Gasteiger partial charge < -0.3 is 16.6 Å². The minimum absolute atomic E-state index is 0.245. The van der Waals surface area contributed by atoms with Crippen LogP contribution in [-0.2, 0) is 0 Å². The average molecular weight is 181 g/mol. The Morgan fingerprint density at radius 3 is 2.69 bits per heavy atom. The van der Waals surface area contributed by atoms with Crippen molar-refractivity contribution < 1.29 is 5.11 Å². The lowest BCUT2D eigenvalue weighted by Crippen LogP contribution is -2.27. The van der Waals surface area contributed by atoms with Crippen LogP contribution < -0.4 is 11.5 Å². The minimum atomic E-state index is -0.655. The van der Waals surface area contributed by atoms with Crippen molar-refractivity contribution in [3.05, 3.63) is 23.9 Å². The van der Waals surface area contributed by atoms with Crippen LogP contribution >= 0.6 is 0 Å². The molecule has 13 heavy (non-hydrogen) atoms. The van der Waals surface area contributed by atoms with E-state index in [2.05, 4.69) is 4.98 Å². The highest BCUT2D eigenvalue weighted by atomic mass is 16.3. The van der Waals surface area contributed by atoms with Gasteiger partial charge in [-0.15, -0.1) is 0 Å². The maximum atomic E-state index is 9.67. The van der Waals surface area contributed by atoms with E-state index in [1.165, 1.54) is 0 Å². The Balaban J connectivity index is 2.77. The van der Waals surface area contributed by atoms with Crippen LogP contribution in [0.5, 0.6) is 0 Å². The molecule has 0 saturated carbocycles. The molecule has 0 amide bonds. The molecule has 4 heteroatoms. The van der Waals surface area contributed by atoms with Gasteiger partial charge in [0.2, 0.25) is 0 Å². The summed E-state index contributed by atoms with van der Waals surface area (Å²) in [4.78, 5) is 3.88. The van der Waals surface area contributed by atoms with Gasteiger partial charge in [0.15, 0.2) is 0 Å². The number of aliphatic hydroxyl groups excluding tert-OH is 1. The first-order valence-electron chi connectivity index (χ1n) is 4.30. The number of nitrogens with zero attached hydrogens (tertiary/aromatic N) is 1. The molecule has 1 heterocycles. The third-order valence-corrected chi connectivity index (χ3v) is 2.03. The Labute approximate surface area is 77.6 Å². The Bertz CT molecular complexity index is 260. The molecule has 0 saturated heterocycles. The van der Waals surface area contributed by atoms with Crippen molar-refractivity contribution in [2.24, 2.45) is 5.73 Å². The number of nitrogen functional groups attached to an aromatic ring is 1. The maximum Gasteiger partial charge on any atom is 0.123 e. The fourth-order valence-electron chi connectivity index (χ4n) is 1.06. The first kappa shape index (κ1) is 9.95. The van der Waals surface area contributed by atoms with Gasteiger partial charge in [-0.2, -0.15) is 0 Å². The molecule has 0 aliphatic heterocycles. The molecular formula is C9H15N3O. The van der Waals surface area contributed by atoms with Gasteiger partial charge in [-0.1, -0.05) is 13.0 Å². The van der Waals surface area contributed by atoms with Gasteiger partial charge in [-0.25, -0.2) is 4.98 Å². The molecule has 0 spiro atoms. The van der Waals surface area contributed by atoms with Crippen molar-refractivity contribution in [2.45, 2.75) is 25.5 Å². The average Bonchev–Trinajstić information content (AvgIpc) is 2.17. The van der Waals surface area contributed by atoms with E-state index in [1.54, 1.807) is 18.3 Å². The molecule has 0 fully saturated rings. The maximum absolute atomic E-state index is 9.67. The first-order valence-corrected chi connectivity index (χ1v) is 4.30. The van der Waals surface area contributed by atoms with Gasteiger partial charge in [-0.05, 0) is 12.5 Å². The van der Waals surface area contributed by atoms with E-state index >= 15 is 0 Å². The van der Waals surface area contributed by atoms with Crippen LogP contribution in [0, 0.1) is 0 Å². The highest BCUT2D eigenvalue weighted by Gasteiger charge is 2.14. The van der Waals surface area contributed by atoms with Crippen LogP contribution in [0.4, 0.5) is 5.82 Å². The zero-order chi connectivity index (χ0) is 9.84. The predicted octanol–water partition coefficient (Wildman–Crippen LogP) is 0.434. The van der Waals surface area contributed by atoms with Crippen LogP contribution in [0.2, 0.25) is 0 Å². The lowest BCUT2D eigenvalue weighted by atomic mass is 10.0. The lowest BCUT2D eigenvalue weighted by molar-refractivity contribution is 0.144. The summed E-state index contributed by atoms with van der Waals surface area (Å²) in [7, 11) is 0. The van der Waals surface area contributed by atoms with E-state index < -0.39 is 6.10 Å². The lowest BCUT2D eigenvalue weighted by Gasteiger charge is -2.16. The number of aliphatic hydroxyl groups is 1. The summed E-state index contributed by atoms with van der Waals surface area (Å²) in [6, 6.07) is 3.15.